The molecular weight excluding hydrogens is 268 g/mol. The number of thiophene rings is 1. The van der Waals surface area contributed by atoms with Gasteiger partial charge in [0.25, 0.3) is 0 Å². The number of hydrogen-bond donors (Lipinski definition) is 1. The van der Waals surface area contributed by atoms with Crippen molar-refractivity contribution >= 4 is 11.3 Å². The second-order valence-electron chi connectivity index (χ2n) is 5.52. The van der Waals surface area contributed by atoms with E-state index in [0.717, 1.165) is 39.2 Å². The van der Waals surface area contributed by atoms with E-state index in [-0.39, 0.29) is 0 Å². The zero-order valence-corrected chi connectivity index (χ0v) is 13.7. The molecule has 4 heteroatoms. The molecule has 2 heterocycles. The lowest BCUT2D eigenvalue weighted by Crippen LogP contribution is -2.39. The summed E-state index contributed by atoms with van der Waals surface area (Å²) >= 11 is 1.94. The molecule has 3 nitrogen and oxygen atoms in total. The third kappa shape index (κ3) is 5.17. The van der Waals surface area contributed by atoms with Crippen LogP contribution in [0.3, 0.4) is 0 Å². The first-order chi connectivity index (χ1) is 9.81. The lowest BCUT2D eigenvalue weighted by Gasteiger charge is -2.32. The Morgan fingerprint density at radius 2 is 2.20 bits per heavy atom. The normalized spacial score (nSPS) is 20.4. The molecule has 1 unspecified atom stereocenters. The Kier molecular flexibility index (Phi) is 7.00. The molecule has 114 valence electrons. The van der Waals surface area contributed by atoms with E-state index in [1.54, 1.807) is 0 Å². The molecule has 1 aromatic heterocycles. The van der Waals surface area contributed by atoms with Gasteiger partial charge in [-0.2, -0.15) is 0 Å². The summed E-state index contributed by atoms with van der Waals surface area (Å²) in [4.78, 5) is 5.47. The summed E-state index contributed by atoms with van der Waals surface area (Å²) in [5.41, 5.74) is 0. The van der Waals surface area contributed by atoms with Crippen molar-refractivity contribution in [3.63, 3.8) is 0 Å². The van der Waals surface area contributed by atoms with Gasteiger partial charge in [0.05, 0.1) is 6.10 Å². The lowest BCUT2D eigenvalue weighted by molar-refractivity contribution is -0.00197. The minimum Gasteiger partial charge on any atom is -0.377 e. The van der Waals surface area contributed by atoms with Crippen LogP contribution in [-0.2, 0) is 17.8 Å². The van der Waals surface area contributed by atoms with Gasteiger partial charge in [0.1, 0.15) is 0 Å². The summed E-state index contributed by atoms with van der Waals surface area (Å²) in [5, 5.41) is 3.39. The van der Waals surface area contributed by atoms with E-state index in [1.165, 1.54) is 29.1 Å². The average Bonchev–Trinajstić information content (AvgIpc) is 2.91. The van der Waals surface area contributed by atoms with Crippen LogP contribution in [0.1, 0.15) is 42.9 Å². The van der Waals surface area contributed by atoms with Crippen LogP contribution < -0.4 is 5.32 Å². The first kappa shape index (κ1) is 16.0. The van der Waals surface area contributed by atoms with E-state index in [1.807, 2.05) is 11.3 Å². The molecule has 0 radical (unpaired) electrons. The Labute approximate surface area is 127 Å². The summed E-state index contributed by atoms with van der Waals surface area (Å²) in [7, 11) is 0. The quantitative estimate of drug-likeness (QED) is 0.797. The van der Waals surface area contributed by atoms with E-state index in [9.17, 15) is 0 Å². The molecule has 1 aliphatic heterocycles. The fourth-order valence-electron chi connectivity index (χ4n) is 2.65. The minimum atomic E-state index is 0.449. The van der Waals surface area contributed by atoms with Gasteiger partial charge in [0.15, 0.2) is 0 Å². The maximum Gasteiger partial charge on any atom is 0.0702 e. The highest BCUT2D eigenvalue weighted by Crippen LogP contribution is 2.21. The Hall–Kier alpha value is -0.420. The molecule has 1 aromatic rings. The van der Waals surface area contributed by atoms with E-state index >= 15 is 0 Å². The van der Waals surface area contributed by atoms with Gasteiger partial charge < -0.3 is 10.1 Å². The molecule has 1 fully saturated rings. The summed E-state index contributed by atoms with van der Waals surface area (Å²) < 4.78 is 5.91. The molecule has 1 N–H and O–H groups in total. The summed E-state index contributed by atoms with van der Waals surface area (Å²) in [6, 6.07) is 4.55. The third-order valence-electron chi connectivity index (χ3n) is 3.67. The number of nitrogens with one attached hydrogen (secondary N) is 1. The van der Waals surface area contributed by atoms with Gasteiger partial charge in [0, 0.05) is 36.0 Å². The van der Waals surface area contributed by atoms with Crippen LogP contribution in [0.25, 0.3) is 0 Å². The fourth-order valence-corrected chi connectivity index (χ4v) is 3.68. The predicted octanol–water partition coefficient (Wildman–Crippen LogP) is 3.25. The molecule has 20 heavy (non-hydrogen) atoms. The molecule has 2 rings (SSSR count). The van der Waals surface area contributed by atoms with Crippen LogP contribution in [0.5, 0.6) is 0 Å². The van der Waals surface area contributed by atoms with E-state index in [2.05, 4.69) is 36.2 Å². The number of piperidine rings is 1. The van der Waals surface area contributed by atoms with Gasteiger partial charge in [-0.15, -0.1) is 11.3 Å². The smallest absolute Gasteiger partial charge is 0.0702 e. The van der Waals surface area contributed by atoms with Gasteiger partial charge in [-0.1, -0.05) is 13.8 Å². The molecule has 0 aromatic carbocycles. The summed E-state index contributed by atoms with van der Waals surface area (Å²) in [6.45, 7) is 10.7. The van der Waals surface area contributed by atoms with Crippen molar-refractivity contribution in [2.75, 3.05) is 26.2 Å². The number of ether oxygens (including phenoxy) is 1. The molecule has 0 saturated carbocycles. The van der Waals surface area contributed by atoms with Crippen molar-refractivity contribution in [3.8, 4) is 0 Å². The predicted molar refractivity (Wildman–Crippen MR) is 86.2 cm³/mol. The molecule has 0 amide bonds. The number of hydrogen-bond acceptors (Lipinski definition) is 4. The molecule has 1 saturated heterocycles. The number of rotatable bonds is 8. The first-order valence-corrected chi connectivity index (χ1v) is 8.75. The van der Waals surface area contributed by atoms with Crippen molar-refractivity contribution < 1.29 is 4.74 Å². The third-order valence-corrected chi connectivity index (χ3v) is 4.74. The van der Waals surface area contributed by atoms with Gasteiger partial charge in [0.2, 0.25) is 0 Å². The lowest BCUT2D eigenvalue weighted by atomic mass is 10.1. The zero-order valence-electron chi connectivity index (χ0n) is 12.9. The maximum atomic E-state index is 5.91. The number of likely N-dealkylation sites (tertiary alicyclic amines) is 1. The van der Waals surface area contributed by atoms with E-state index in [4.69, 9.17) is 4.74 Å². The Morgan fingerprint density at radius 1 is 1.35 bits per heavy atom. The monoisotopic (exact) mass is 296 g/mol. The molecule has 1 atom stereocenters. The van der Waals surface area contributed by atoms with Crippen LogP contribution >= 0.6 is 11.3 Å². The van der Waals surface area contributed by atoms with Crippen LogP contribution in [0.4, 0.5) is 0 Å². The van der Waals surface area contributed by atoms with Crippen molar-refractivity contribution in [2.45, 2.75) is 52.3 Å². The first-order valence-electron chi connectivity index (χ1n) is 7.94. The standard InChI is InChI=1S/C16H28N2OS/c1-3-10-19-14-6-5-9-18(12-14)13-16-8-7-15(20-16)11-17-4-2/h7-8,14,17H,3-6,9-13H2,1-2H3. The van der Waals surface area contributed by atoms with Crippen LogP contribution in [0.2, 0.25) is 0 Å². The van der Waals surface area contributed by atoms with Crippen molar-refractivity contribution in [1.29, 1.82) is 0 Å². The summed E-state index contributed by atoms with van der Waals surface area (Å²) in [6.07, 6.45) is 4.07. The molecule has 1 aliphatic rings. The second-order valence-corrected chi connectivity index (χ2v) is 6.77. The van der Waals surface area contributed by atoms with Gasteiger partial charge in [-0.3, -0.25) is 4.90 Å². The highest BCUT2D eigenvalue weighted by molar-refractivity contribution is 7.11. The molecular formula is C16H28N2OS. The van der Waals surface area contributed by atoms with E-state index in [0.29, 0.717) is 6.10 Å². The van der Waals surface area contributed by atoms with Gasteiger partial charge >= 0.3 is 0 Å². The topological polar surface area (TPSA) is 24.5 Å². The minimum absolute atomic E-state index is 0.449. The van der Waals surface area contributed by atoms with Gasteiger partial charge in [-0.25, -0.2) is 0 Å². The fraction of sp³-hybridized carbons (Fsp3) is 0.750. The second kappa shape index (κ2) is 8.78. The van der Waals surface area contributed by atoms with Crippen molar-refractivity contribution in [1.82, 2.24) is 10.2 Å². The highest BCUT2D eigenvalue weighted by Gasteiger charge is 2.20. The number of nitrogens with zero attached hydrogens (tertiary/aromatic N) is 1. The largest absolute Gasteiger partial charge is 0.377 e. The molecule has 0 aliphatic carbocycles. The molecule has 0 bridgehead atoms. The molecule has 0 spiro atoms. The van der Waals surface area contributed by atoms with Gasteiger partial charge in [-0.05, 0) is 44.5 Å². The van der Waals surface area contributed by atoms with E-state index < -0.39 is 0 Å². The van der Waals surface area contributed by atoms with Crippen LogP contribution in [-0.4, -0.2) is 37.2 Å². The zero-order chi connectivity index (χ0) is 14.2. The Morgan fingerprint density at radius 3 is 3.00 bits per heavy atom. The SMILES string of the molecule is CCCOC1CCCN(Cc2ccc(CNCC)s2)C1. The van der Waals surface area contributed by atoms with Crippen LogP contribution in [0, 0.1) is 0 Å². The average molecular weight is 296 g/mol. The Balaban J connectivity index is 1.78. The maximum absolute atomic E-state index is 5.91. The van der Waals surface area contributed by atoms with Crippen LogP contribution in [0.15, 0.2) is 12.1 Å². The highest BCUT2D eigenvalue weighted by atomic mass is 32.1. The summed E-state index contributed by atoms with van der Waals surface area (Å²) in [5.74, 6) is 0. The Bertz CT molecular complexity index is 380. The van der Waals surface area contributed by atoms with Crippen molar-refractivity contribution in [2.24, 2.45) is 0 Å². The van der Waals surface area contributed by atoms with Crippen molar-refractivity contribution in [3.05, 3.63) is 21.9 Å².